The lowest BCUT2D eigenvalue weighted by Crippen LogP contribution is -2.40. The maximum Gasteiger partial charge on any atom is 0.326 e. The molecule has 1 unspecified atom stereocenters. The summed E-state index contributed by atoms with van der Waals surface area (Å²) in [5.41, 5.74) is 0.991. The fourth-order valence-electron chi connectivity index (χ4n) is 1.87. The molecule has 1 amide bonds. The zero-order valence-electron chi connectivity index (χ0n) is 11.8. The number of aryl methyl sites for hydroxylation is 1. The average Bonchev–Trinajstić information content (AvgIpc) is 2.84. The van der Waals surface area contributed by atoms with Gasteiger partial charge in [-0.2, -0.15) is 0 Å². The number of carbonyl (C=O) groups excluding carboxylic acids is 1. The lowest BCUT2D eigenvalue weighted by molar-refractivity contribution is -0.139. The maximum atomic E-state index is 12.1. The van der Waals surface area contributed by atoms with Crippen LogP contribution in [0.1, 0.15) is 29.5 Å². The Hall–Kier alpha value is -2.70. The van der Waals surface area contributed by atoms with Crippen LogP contribution in [-0.2, 0) is 4.79 Å². The van der Waals surface area contributed by atoms with E-state index < -0.39 is 17.9 Å². The van der Waals surface area contributed by atoms with Gasteiger partial charge in [-0.25, -0.2) is 4.79 Å². The van der Waals surface area contributed by atoms with Gasteiger partial charge < -0.3 is 10.4 Å². The Balaban J connectivity index is 2.20. The summed E-state index contributed by atoms with van der Waals surface area (Å²) in [4.78, 5) is 23.3. The molecule has 0 radical (unpaired) electrons. The molecule has 0 aliphatic heterocycles. The molecule has 7 heteroatoms. The molecule has 0 aromatic carbocycles. The molecule has 0 bridgehead atoms. The first-order valence-electron chi connectivity index (χ1n) is 6.49. The summed E-state index contributed by atoms with van der Waals surface area (Å²) in [6.07, 6.45) is 5.28. The van der Waals surface area contributed by atoms with Crippen LogP contribution in [0, 0.1) is 6.92 Å². The smallest absolute Gasteiger partial charge is 0.326 e. The molecule has 0 spiro atoms. The lowest BCUT2D eigenvalue weighted by atomic mass is 10.1. The van der Waals surface area contributed by atoms with E-state index in [1.807, 2.05) is 0 Å². The van der Waals surface area contributed by atoms with E-state index in [-0.39, 0.29) is 6.42 Å². The first-order valence-corrected chi connectivity index (χ1v) is 6.49. The quantitative estimate of drug-likeness (QED) is 0.805. The molecule has 2 rings (SSSR count). The van der Waals surface area contributed by atoms with Crippen molar-refractivity contribution in [3.8, 4) is 0 Å². The summed E-state index contributed by atoms with van der Waals surface area (Å²) in [7, 11) is 0. The predicted molar refractivity (Wildman–Crippen MR) is 76.0 cm³/mol. The summed E-state index contributed by atoms with van der Waals surface area (Å²) in [5, 5.41) is 19.4. The van der Waals surface area contributed by atoms with Gasteiger partial charge in [0.05, 0.1) is 5.56 Å². The molecular weight excluding hydrogens is 272 g/mol. The molecule has 0 aliphatic rings. The molecule has 7 nitrogen and oxygen atoms in total. The largest absolute Gasteiger partial charge is 0.480 e. The van der Waals surface area contributed by atoms with Crippen LogP contribution in [0.5, 0.6) is 0 Å². The third-order valence-corrected chi connectivity index (χ3v) is 3.05. The number of carbonyl (C=O) groups is 2. The topological polar surface area (TPSA) is 96.6 Å². The van der Waals surface area contributed by atoms with E-state index >= 15 is 0 Å². The van der Waals surface area contributed by atoms with Crippen molar-refractivity contribution in [1.82, 2.24) is 19.9 Å². The van der Waals surface area contributed by atoms with Gasteiger partial charge in [0, 0.05) is 6.20 Å². The summed E-state index contributed by atoms with van der Waals surface area (Å²) in [5.74, 6) is -0.853. The van der Waals surface area contributed by atoms with Gasteiger partial charge >= 0.3 is 5.97 Å². The number of hydrogen-bond acceptors (Lipinski definition) is 4. The number of pyridine rings is 1. The maximum absolute atomic E-state index is 12.1. The molecule has 0 saturated carbocycles. The van der Waals surface area contributed by atoms with Crippen LogP contribution in [0.2, 0.25) is 0 Å². The number of carboxylic acid groups (broad SMARTS) is 1. The highest BCUT2D eigenvalue weighted by Crippen LogP contribution is 2.07. The lowest BCUT2D eigenvalue weighted by Gasteiger charge is -2.12. The summed E-state index contributed by atoms with van der Waals surface area (Å²) < 4.78 is 1.68. The van der Waals surface area contributed by atoms with E-state index in [0.717, 1.165) is 0 Å². The van der Waals surface area contributed by atoms with E-state index in [1.54, 1.807) is 48.7 Å². The first kappa shape index (κ1) is 14.7. The third kappa shape index (κ3) is 3.25. The Labute approximate surface area is 121 Å². The van der Waals surface area contributed by atoms with Crippen LogP contribution < -0.4 is 5.32 Å². The SMILES string of the molecule is C/C=C/CC(NC(=O)c1ccc2nnc(C)n2c1)C(=O)O. The van der Waals surface area contributed by atoms with Crippen molar-refractivity contribution in [2.75, 3.05) is 0 Å². The molecule has 2 aromatic heterocycles. The van der Waals surface area contributed by atoms with Crippen molar-refractivity contribution in [2.24, 2.45) is 0 Å². The highest BCUT2D eigenvalue weighted by molar-refractivity contribution is 5.96. The fourth-order valence-corrected chi connectivity index (χ4v) is 1.87. The summed E-state index contributed by atoms with van der Waals surface area (Å²) in [6.45, 7) is 3.57. The molecule has 0 saturated heterocycles. The Morgan fingerprint density at radius 2 is 2.19 bits per heavy atom. The van der Waals surface area contributed by atoms with Crippen molar-refractivity contribution in [1.29, 1.82) is 0 Å². The van der Waals surface area contributed by atoms with Crippen LogP contribution in [0.4, 0.5) is 0 Å². The number of carboxylic acids is 1. The van der Waals surface area contributed by atoms with Gasteiger partial charge in [-0.05, 0) is 32.4 Å². The Bertz CT molecular complexity index is 705. The number of allylic oxidation sites excluding steroid dienone is 1. The standard InChI is InChI=1S/C14H16N4O3/c1-3-4-5-11(14(20)21)15-13(19)10-6-7-12-17-16-9(2)18(12)8-10/h3-4,6-8,11H,5H2,1-2H3,(H,15,19)(H,20,21)/b4-3+. The molecular formula is C14H16N4O3. The van der Waals surface area contributed by atoms with E-state index in [1.165, 1.54) is 0 Å². The summed E-state index contributed by atoms with van der Waals surface area (Å²) in [6, 6.07) is 2.30. The monoisotopic (exact) mass is 288 g/mol. The predicted octanol–water partition coefficient (Wildman–Crippen LogP) is 1.19. The van der Waals surface area contributed by atoms with Crippen molar-refractivity contribution in [2.45, 2.75) is 26.3 Å². The van der Waals surface area contributed by atoms with Crippen molar-refractivity contribution in [3.63, 3.8) is 0 Å². The van der Waals surface area contributed by atoms with Gasteiger partial charge in [-0.1, -0.05) is 12.2 Å². The average molecular weight is 288 g/mol. The second-order valence-corrected chi connectivity index (χ2v) is 4.56. The van der Waals surface area contributed by atoms with Crippen molar-refractivity contribution in [3.05, 3.63) is 41.9 Å². The van der Waals surface area contributed by atoms with Crippen LogP contribution in [0.3, 0.4) is 0 Å². The number of fused-ring (bicyclic) bond motifs is 1. The molecule has 0 fully saturated rings. The van der Waals surface area contributed by atoms with Gasteiger partial charge in [-0.15, -0.1) is 10.2 Å². The number of hydrogen-bond donors (Lipinski definition) is 2. The normalized spacial score (nSPS) is 12.7. The van der Waals surface area contributed by atoms with E-state index in [9.17, 15) is 9.59 Å². The molecule has 2 aromatic rings. The van der Waals surface area contributed by atoms with E-state index in [0.29, 0.717) is 17.0 Å². The number of nitrogens with one attached hydrogen (secondary N) is 1. The van der Waals surface area contributed by atoms with Gasteiger partial charge in [0.15, 0.2) is 5.65 Å². The number of aromatic nitrogens is 3. The van der Waals surface area contributed by atoms with Crippen LogP contribution in [0.15, 0.2) is 30.5 Å². The highest BCUT2D eigenvalue weighted by atomic mass is 16.4. The van der Waals surface area contributed by atoms with E-state index in [4.69, 9.17) is 5.11 Å². The number of rotatable bonds is 5. The number of nitrogens with zero attached hydrogens (tertiary/aromatic N) is 3. The second kappa shape index (κ2) is 6.17. The van der Waals surface area contributed by atoms with Crippen LogP contribution in [0.25, 0.3) is 5.65 Å². The number of amides is 1. The molecule has 110 valence electrons. The second-order valence-electron chi connectivity index (χ2n) is 4.56. The van der Waals surface area contributed by atoms with Crippen LogP contribution in [-0.4, -0.2) is 37.6 Å². The number of aliphatic carboxylic acids is 1. The molecule has 21 heavy (non-hydrogen) atoms. The highest BCUT2D eigenvalue weighted by Gasteiger charge is 2.19. The van der Waals surface area contributed by atoms with Gasteiger partial charge in [0.2, 0.25) is 0 Å². The third-order valence-electron chi connectivity index (χ3n) is 3.05. The van der Waals surface area contributed by atoms with Crippen molar-refractivity contribution >= 4 is 17.5 Å². The Morgan fingerprint density at radius 3 is 2.86 bits per heavy atom. The molecule has 2 N–H and O–H groups in total. The minimum absolute atomic E-state index is 0.242. The Kier molecular flexibility index (Phi) is 4.32. The zero-order valence-corrected chi connectivity index (χ0v) is 11.8. The van der Waals surface area contributed by atoms with Gasteiger partial charge in [0.1, 0.15) is 11.9 Å². The van der Waals surface area contributed by atoms with Crippen molar-refractivity contribution < 1.29 is 14.7 Å². The first-order chi connectivity index (χ1) is 10.0. The molecule has 0 aliphatic carbocycles. The Morgan fingerprint density at radius 1 is 1.43 bits per heavy atom. The van der Waals surface area contributed by atoms with Gasteiger partial charge in [-0.3, -0.25) is 9.20 Å². The molecule has 2 heterocycles. The van der Waals surface area contributed by atoms with Crippen LogP contribution >= 0.6 is 0 Å². The summed E-state index contributed by atoms with van der Waals surface area (Å²) >= 11 is 0. The van der Waals surface area contributed by atoms with Gasteiger partial charge in [0.25, 0.3) is 5.91 Å². The zero-order chi connectivity index (χ0) is 15.4. The molecule has 1 atom stereocenters. The van der Waals surface area contributed by atoms with E-state index in [2.05, 4.69) is 15.5 Å². The fraction of sp³-hybridized carbons (Fsp3) is 0.286. The minimum atomic E-state index is -1.07. The minimum Gasteiger partial charge on any atom is -0.480 e.